The molecule has 1 heterocycles. The van der Waals surface area contributed by atoms with Gasteiger partial charge in [0.2, 0.25) is 5.75 Å². The summed E-state index contributed by atoms with van der Waals surface area (Å²) in [7, 11) is 8.36. The van der Waals surface area contributed by atoms with E-state index in [1.165, 1.54) is 12.8 Å². The Morgan fingerprint density at radius 3 is 2.34 bits per heavy atom. The summed E-state index contributed by atoms with van der Waals surface area (Å²) in [6.07, 6.45) is 2.42. The first-order valence-corrected chi connectivity index (χ1v) is 9.63. The molecule has 1 aromatic rings. The third-order valence-corrected chi connectivity index (χ3v) is 4.99. The van der Waals surface area contributed by atoms with E-state index in [2.05, 4.69) is 20.5 Å². The second-order valence-electron chi connectivity index (χ2n) is 6.67. The van der Waals surface area contributed by atoms with Crippen LogP contribution >= 0.6 is 24.0 Å². The third kappa shape index (κ3) is 7.38. The van der Waals surface area contributed by atoms with Crippen LogP contribution < -0.4 is 24.8 Å². The summed E-state index contributed by atoms with van der Waals surface area (Å²) in [4.78, 5) is 6.81. The minimum Gasteiger partial charge on any atom is -0.493 e. The molecule has 1 fully saturated rings. The van der Waals surface area contributed by atoms with E-state index >= 15 is 0 Å². The van der Waals surface area contributed by atoms with E-state index in [1.54, 1.807) is 35.5 Å². The zero-order valence-corrected chi connectivity index (χ0v) is 20.4. The number of aliphatic imine (C=N–C) groups is 1. The standard InChI is InChI=1S/C20H34N4O4.HI/c1-21-20(23-14-16-7-6-8-24(16)9-10-25-2)22-13-15-11-17(26-3)19(28-5)18(12-15)27-4;/h11-12,16H,6-10,13-14H2,1-5H3,(H2,21,22,23);1H. The highest BCUT2D eigenvalue weighted by Crippen LogP contribution is 2.38. The summed E-state index contributed by atoms with van der Waals surface area (Å²) in [5.74, 6) is 2.64. The van der Waals surface area contributed by atoms with Crippen LogP contribution in [0.5, 0.6) is 17.2 Å². The summed E-state index contributed by atoms with van der Waals surface area (Å²) in [6, 6.07) is 4.38. The fourth-order valence-electron chi connectivity index (χ4n) is 3.49. The largest absolute Gasteiger partial charge is 0.493 e. The van der Waals surface area contributed by atoms with Crippen LogP contribution in [0.15, 0.2) is 17.1 Å². The zero-order chi connectivity index (χ0) is 20.4. The molecule has 0 aliphatic carbocycles. The molecule has 0 spiro atoms. The number of hydrogen-bond donors (Lipinski definition) is 2. The van der Waals surface area contributed by atoms with Crippen molar-refractivity contribution in [3.8, 4) is 17.2 Å². The minimum absolute atomic E-state index is 0. The highest BCUT2D eigenvalue weighted by molar-refractivity contribution is 14.0. The number of halogens is 1. The maximum Gasteiger partial charge on any atom is 0.203 e. The topological polar surface area (TPSA) is 76.6 Å². The van der Waals surface area contributed by atoms with Gasteiger partial charge in [-0.15, -0.1) is 24.0 Å². The van der Waals surface area contributed by atoms with Crippen LogP contribution in [0.3, 0.4) is 0 Å². The van der Waals surface area contributed by atoms with Gasteiger partial charge in [-0.2, -0.15) is 0 Å². The first-order valence-electron chi connectivity index (χ1n) is 9.63. The fourth-order valence-corrected chi connectivity index (χ4v) is 3.49. The molecule has 0 aromatic heterocycles. The van der Waals surface area contributed by atoms with E-state index in [-0.39, 0.29) is 24.0 Å². The van der Waals surface area contributed by atoms with Crippen LogP contribution in [0.4, 0.5) is 0 Å². The van der Waals surface area contributed by atoms with Crippen LogP contribution in [0.25, 0.3) is 0 Å². The van der Waals surface area contributed by atoms with E-state index in [0.29, 0.717) is 29.8 Å². The lowest BCUT2D eigenvalue weighted by atomic mass is 10.2. The molecule has 9 heteroatoms. The Bertz CT molecular complexity index is 620. The molecule has 2 N–H and O–H groups in total. The number of hydrogen-bond acceptors (Lipinski definition) is 6. The number of rotatable bonds is 10. The third-order valence-electron chi connectivity index (χ3n) is 4.99. The van der Waals surface area contributed by atoms with Crippen molar-refractivity contribution < 1.29 is 18.9 Å². The van der Waals surface area contributed by atoms with E-state index in [0.717, 1.165) is 37.8 Å². The van der Waals surface area contributed by atoms with E-state index < -0.39 is 0 Å². The van der Waals surface area contributed by atoms with Gasteiger partial charge < -0.3 is 29.6 Å². The number of nitrogens with zero attached hydrogens (tertiary/aromatic N) is 2. The van der Waals surface area contributed by atoms with Gasteiger partial charge in [0.25, 0.3) is 0 Å². The lowest BCUT2D eigenvalue weighted by Gasteiger charge is -2.25. The Hall–Kier alpha value is -1.46. The maximum absolute atomic E-state index is 5.42. The minimum atomic E-state index is 0. The molecule has 0 amide bonds. The van der Waals surface area contributed by atoms with Gasteiger partial charge in [-0.1, -0.05) is 0 Å². The van der Waals surface area contributed by atoms with Crippen LogP contribution in [-0.4, -0.2) is 78.6 Å². The molecule has 29 heavy (non-hydrogen) atoms. The molecule has 1 saturated heterocycles. The molecule has 2 rings (SSSR count). The molecular formula is C20H35IN4O4. The average Bonchev–Trinajstić information content (AvgIpc) is 3.18. The summed E-state index contributed by atoms with van der Waals surface area (Å²) >= 11 is 0. The van der Waals surface area contributed by atoms with Crippen molar-refractivity contribution in [1.82, 2.24) is 15.5 Å². The van der Waals surface area contributed by atoms with Crippen LogP contribution in [0.2, 0.25) is 0 Å². The molecule has 8 nitrogen and oxygen atoms in total. The van der Waals surface area contributed by atoms with Gasteiger partial charge >= 0.3 is 0 Å². The van der Waals surface area contributed by atoms with Gasteiger partial charge in [-0.25, -0.2) is 0 Å². The predicted molar refractivity (Wildman–Crippen MR) is 126 cm³/mol. The molecule has 0 radical (unpaired) electrons. The lowest BCUT2D eigenvalue weighted by Crippen LogP contribution is -2.45. The van der Waals surface area contributed by atoms with Gasteiger partial charge in [-0.3, -0.25) is 9.89 Å². The van der Waals surface area contributed by atoms with Crippen LogP contribution in [0.1, 0.15) is 18.4 Å². The van der Waals surface area contributed by atoms with Crippen molar-refractivity contribution in [1.29, 1.82) is 0 Å². The van der Waals surface area contributed by atoms with Crippen molar-refractivity contribution in [3.05, 3.63) is 17.7 Å². The Morgan fingerprint density at radius 1 is 1.10 bits per heavy atom. The highest BCUT2D eigenvalue weighted by Gasteiger charge is 2.24. The first-order chi connectivity index (χ1) is 13.7. The first kappa shape index (κ1) is 25.6. The normalized spacial score (nSPS) is 16.9. The second kappa shape index (κ2) is 13.7. The molecule has 0 saturated carbocycles. The van der Waals surface area contributed by atoms with Crippen molar-refractivity contribution in [3.63, 3.8) is 0 Å². The Balaban J connectivity index is 0.00000420. The smallest absolute Gasteiger partial charge is 0.203 e. The Morgan fingerprint density at radius 2 is 1.79 bits per heavy atom. The van der Waals surface area contributed by atoms with Crippen molar-refractivity contribution in [2.75, 3.05) is 61.7 Å². The monoisotopic (exact) mass is 522 g/mol. The molecule has 166 valence electrons. The number of ether oxygens (including phenoxy) is 4. The van der Waals surface area contributed by atoms with Crippen LogP contribution in [0, 0.1) is 0 Å². The van der Waals surface area contributed by atoms with Gasteiger partial charge in [0.1, 0.15) is 0 Å². The predicted octanol–water partition coefficient (Wildman–Crippen LogP) is 2.11. The Labute approximate surface area is 191 Å². The molecular weight excluding hydrogens is 487 g/mol. The van der Waals surface area contributed by atoms with Gasteiger partial charge in [0.15, 0.2) is 17.5 Å². The van der Waals surface area contributed by atoms with Gasteiger partial charge in [-0.05, 0) is 37.1 Å². The van der Waals surface area contributed by atoms with Crippen LogP contribution in [-0.2, 0) is 11.3 Å². The quantitative estimate of drug-likeness (QED) is 0.277. The van der Waals surface area contributed by atoms with Gasteiger partial charge in [0.05, 0.1) is 27.9 Å². The van der Waals surface area contributed by atoms with E-state index in [9.17, 15) is 0 Å². The van der Waals surface area contributed by atoms with E-state index in [4.69, 9.17) is 18.9 Å². The maximum atomic E-state index is 5.42. The Kier molecular flexibility index (Phi) is 12.1. The molecule has 1 aliphatic heterocycles. The zero-order valence-electron chi connectivity index (χ0n) is 18.1. The number of nitrogens with one attached hydrogen (secondary N) is 2. The highest BCUT2D eigenvalue weighted by atomic mass is 127. The average molecular weight is 522 g/mol. The molecule has 1 aromatic carbocycles. The van der Waals surface area contributed by atoms with Crippen molar-refractivity contribution >= 4 is 29.9 Å². The molecule has 1 aliphatic rings. The molecule has 1 unspecified atom stereocenters. The number of methoxy groups -OCH3 is 4. The summed E-state index contributed by atoms with van der Waals surface area (Å²) < 4.78 is 21.4. The number of guanidine groups is 1. The number of likely N-dealkylation sites (tertiary alicyclic amines) is 1. The van der Waals surface area contributed by atoms with Gasteiger partial charge in [0, 0.05) is 39.8 Å². The fraction of sp³-hybridized carbons (Fsp3) is 0.650. The SMILES string of the molecule is CN=C(NCc1cc(OC)c(OC)c(OC)c1)NCC1CCCN1CCOC.I. The lowest BCUT2D eigenvalue weighted by molar-refractivity contribution is 0.141. The molecule has 1 atom stereocenters. The number of benzene rings is 1. The van der Waals surface area contributed by atoms with Crippen molar-refractivity contribution in [2.45, 2.75) is 25.4 Å². The molecule has 0 bridgehead atoms. The second-order valence-corrected chi connectivity index (χ2v) is 6.67. The van der Waals surface area contributed by atoms with E-state index in [1.807, 2.05) is 12.1 Å². The summed E-state index contributed by atoms with van der Waals surface area (Å²) in [5, 5.41) is 6.79. The van der Waals surface area contributed by atoms with Crippen molar-refractivity contribution in [2.24, 2.45) is 4.99 Å². The summed E-state index contributed by atoms with van der Waals surface area (Å²) in [6.45, 7) is 4.32. The summed E-state index contributed by atoms with van der Waals surface area (Å²) in [5.41, 5.74) is 1.01.